The van der Waals surface area contributed by atoms with Crippen LogP contribution in [0.1, 0.15) is 31.7 Å². The van der Waals surface area contributed by atoms with Gasteiger partial charge in [-0.1, -0.05) is 0 Å². The van der Waals surface area contributed by atoms with Gasteiger partial charge in [0, 0.05) is 18.2 Å². The molecule has 2 atom stereocenters. The highest BCUT2D eigenvalue weighted by Gasteiger charge is 2.48. The molecule has 9 heteroatoms. The van der Waals surface area contributed by atoms with E-state index >= 15 is 0 Å². The fourth-order valence-corrected chi connectivity index (χ4v) is 6.27. The Bertz CT molecular complexity index is 870. The van der Waals surface area contributed by atoms with Gasteiger partial charge in [0.05, 0.1) is 32.7 Å². The van der Waals surface area contributed by atoms with Crippen LogP contribution in [0.2, 0.25) is 0 Å². The van der Waals surface area contributed by atoms with E-state index in [9.17, 15) is 8.42 Å². The topological polar surface area (TPSA) is 86.5 Å². The van der Waals surface area contributed by atoms with Crippen LogP contribution in [0.25, 0.3) is 0 Å². The Morgan fingerprint density at radius 1 is 1.00 bits per heavy atom. The van der Waals surface area contributed by atoms with Gasteiger partial charge in [0.15, 0.2) is 0 Å². The first-order valence-corrected chi connectivity index (χ1v) is 10.1. The maximum absolute atomic E-state index is 13.4. The minimum absolute atomic E-state index is 0.0503. The van der Waals surface area contributed by atoms with E-state index in [0.29, 0.717) is 11.5 Å². The summed E-state index contributed by atoms with van der Waals surface area (Å²) in [4.78, 5) is 1.87. The zero-order valence-corrected chi connectivity index (χ0v) is 15.6. The summed E-state index contributed by atoms with van der Waals surface area (Å²) in [5.41, 5.74) is 0. The van der Waals surface area contributed by atoms with E-state index in [1.165, 1.54) is 20.3 Å². The molecule has 3 heterocycles. The highest BCUT2D eigenvalue weighted by atomic mass is 32.2. The molecule has 2 aliphatic heterocycles. The first-order valence-electron chi connectivity index (χ1n) is 8.66. The van der Waals surface area contributed by atoms with Crippen LogP contribution in [-0.4, -0.2) is 54.0 Å². The van der Waals surface area contributed by atoms with Crippen molar-refractivity contribution in [1.82, 2.24) is 19.3 Å². The van der Waals surface area contributed by atoms with Crippen LogP contribution < -0.4 is 9.47 Å². The van der Waals surface area contributed by atoms with Crippen LogP contribution in [0.3, 0.4) is 0 Å². The number of nitrogens with zero attached hydrogens (tertiary/aromatic N) is 4. The Hall–Kier alpha value is -2.13. The van der Waals surface area contributed by atoms with E-state index < -0.39 is 10.0 Å². The molecule has 140 valence electrons. The van der Waals surface area contributed by atoms with Gasteiger partial charge < -0.3 is 9.47 Å². The molecular weight excluding hydrogens is 356 g/mol. The van der Waals surface area contributed by atoms with Crippen molar-refractivity contribution >= 4 is 10.0 Å². The quantitative estimate of drug-likeness (QED) is 0.789. The first kappa shape index (κ1) is 17.3. The SMILES string of the molecule is COc1ccc(OC)c(S(=O)(=O)N2C3CCC2CC(n2nccn2)C3)c1. The monoisotopic (exact) mass is 378 g/mol. The average molecular weight is 378 g/mol. The molecule has 0 radical (unpaired) electrons. The highest BCUT2D eigenvalue weighted by Crippen LogP contribution is 2.44. The van der Waals surface area contributed by atoms with E-state index in [1.807, 2.05) is 0 Å². The molecule has 1 aromatic carbocycles. The molecule has 0 amide bonds. The minimum atomic E-state index is -3.69. The van der Waals surface area contributed by atoms with E-state index in [4.69, 9.17) is 9.47 Å². The standard InChI is InChI=1S/C17H22N4O4S/c1-24-15-5-6-16(25-2)17(11-15)26(22,23)20-12-3-4-13(20)10-14(9-12)21-18-7-8-19-21/h5-8,11-14H,3-4,9-10H2,1-2H3. The zero-order valence-electron chi connectivity index (χ0n) is 14.8. The van der Waals surface area contributed by atoms with Gasteiger partial charge in [0.2, 0.25) is 10.0 Å². The third-order valence-electron chi connectivity index (χ3n) is 5.33. The lowest BCUT2D eigenvalue weighted by molar-refractivity contribution is 0.174. The maximum Gasteiger partial charge on any atom is 0.247 e. The number of fused-ring (bicyclic) bond motifs is 2. The van der Waals surface area contributed by atoms with Gasteiger partial charge in [-0.25, -0.2) is 8.42 Å². The van der Waals surface area contributed by atoms with Gasteiger partial charge >= 0.3 is 0 Å². The molecule has 2 fully saturated rings. The van der Waals surface area contributed by atoms with Crippen LogP contribution >= 0.6 is 0 Å². The molecule has 0 N–H and O–H groups in total. The lowest BCUT2D eigenvalue weighted by atomic mass is 10.0. The van der Waals surface area contributed by atoms with Crippen LogP contribution in [-0.2, 0) is 10.0 Å². The van der Waals surface area contributed by atoms with Crippen molar-refractivity contribution in [3.05, 3.63) is 30.6 Å². The predicted octanol–water partition coefficient (Wildman–Crippen LogP) is 1.85. The number of sulfonamides is 1. The fraction of sp³-hybridized carbons (Fsp3) is 0.529. The molecule has 0 aliphatic carbocycles. The third kappa shape index (κ3) is 2.75. The largest absolute Gasteiger partial charge is 0.497 e. The smallest absolute Gasteiger partial charge is 0.247 e. The number of rotatable bonds is 5. The van der Waals surface area contributed by atoms with E-state index in [1.54, 1.807) is 33.6 Å². The van der Waals surface area contributed by atoms with Crippen molar-refractivity contribution in [2.75, 3.05) is 14.2 Å². The predicted molar refractivity (Wildman–Crippen MR) is 93.7 cm³/mol. The molecule has 1 aromatic heterocycles. The summed E-state index contributed by atoms with van der Waals surface area (Å²) in [6.07, 6.45) is 6.47. The number of benzene rings is 1. The Morgan fingerprint density at radius 3 is 2.23 bits per heavy atom. The minimum Gasteiger partial charge on any atom is -0.497 e. The second-order valence-electron chi connectivity index (χ2n) is 6.71. The molecule has 0 saturated carbocycles. The molecule has 2 aromatic rings. The highest BCUT2D eigenvalue weighted by molar-refractivity contribution is 7.89. The first-order chi connectivity index (χ1) is 12.5. The van der Waals surface area contributed by atoms with Crippen molar-refractivity contribution in [3.8, 4) is 11.5 Å². The molecule has 2 bridgehead atoms. The zero-order chi connectivity index (χ0) is 18.3. The van der Waals surface area contributed by atoms with Crippen LogP contribution in [0.4, 0.5) is 0 Å². The Morgan fingerprint density at radius 2 is 1.65 bits per heavy atom. The van der Waals surface area contributed by atoms with E-state index in [0.717, 1.165) is 25.7 Å². The van der Waals surface area contributed by atoms with Gasteiger partial charge in [-0.05, 0) is 37.8 Å². The Balaban J connectivity index is 1.68. The second kappa shape index (κ2) is 6.55. The summed E-state index contributed by atoms with van der Waals surface area (Å²) in [5.74, 6) is 0.827. The normalized spacial score (nSPS) is 26.0. The average Bonchev–Trinajstić information content (AvgIpc) is 3.28. The van der Waals surface area contributed by atoms with Crippen LogP contribution in [0.15, 0.2) is 35.5 Å². The number of aromatic nitrogens is 3. The second-order valence-corrected chi connectivity index (χ2v) is 8.52. The number of hydrogen-bond donors (Lipinski definition) is 0. The van der Waals surface area contributed by atoms with Crippen molar-refractivity contribution in [2.45, 2.75) is 48.7 Å². The molecule has 0 spiro atoms. The fourth-order valence-electron chi connectivity index (χ4n) is 4.20. The Labute approximate surface area is 152 Å². The molecule has 2 unspecified atom stereocenters. The van der Waals surface area contributed by atoms with Crippen LogP contribution in [0, 0.1) is 0 Å². The molecule has 8 nitrogen and oxygen atoms in total. The van der Waals surface area contributed by atoms with Crippen molar-refractivity contribution in [1.29, 1.82) is 0 Å². The van der Waals surface area contributed by atoms with Gasteiger partial charge in [0.1, 0.15) is 16.4 Å². The number of ether oxygens (including phenoxy) is 2. The Kier molecular flexibility index (Phi) is 4.36. The van der Waals surface area contributed by atoms with Gasteiger partial charge in [-0.2, -0.15) is 19.3 Å². The lowest BCUT2D eigenvalue weighted by Gasteiger charge is -2.37. The molecule has 26 heavy (non-hydrogen) atoms. The lowest BCUT2D eigenvalue weighted by Crippen LogP contribution is -2.47. The summed E-state index contributed by atoms with van der Waals surface area (Å²) >= 11 is 0. The molecule has 2 saturated heterocycles. The van der Waals surface area contributed by atoms with Crippen LogP contribution in [0.5, 0.6) is 11.5 Å². The van der Waals surface area contributed by atoms with Gasteiger partial charge in [-0.15, -0.1) is 0 Å². The molecular formula is C17H22N4O4S. The summed E-state index contributed by atoms with van der Waals surface area (Å²) < 4.78 is 39.1. The maximum atomic E-state index is 13.4. The summed E-state index contributed by atoms with van der Waals surface area (Å²) in [7, 11) is -0.692. The third-order valence-corrected chi connectivity index (χ3v) is 7.36. The van der Waals surface area contributed by atoms with Crippen molar-refractivity contribution < 1.29 is 17.9 Å². The number of piperidine rings is 1. The summed E-state index contributed by atoms with van der Waals surface area (Å²) in [6, 6.07) is 4.91. The van der Waals surface area contributed by atoms with E-state index in [2.05, 4.69) is 10.2 Å². The number of methoxy groups -OCH3 is 2. The number of hydrogen-bond acceptors (Lipinski definition) is 6. The van der Waals surface area contributed by atoms with Crippen molar-refractivity contribution in [3.63, 3.8) is 0 Å². The molecule has 2 aliphatic rings. The summed E-state index contributed by atoms with van der Waals surface area (Å²) in [6.45, 7) is 0. The van der Waals surface area contributed by atoms with Gasteiger partial charge in [-0.3, -0.25) is 0 Å². The van der Waals surface area contributed by atoms with Crippen molar-refractivity contribution in [2.24, 2.45) is 0 Å². The molecule has 4 rings (SSSR count). The van der Waals surface area contributed by atoms with Gasteiger partial charge in [0.25, 0.3) is 0 Å². The summed E-state index contributed by atoms with van der Waals surface area (Å²) in [5, 5.41) is 8.47. The van der Waals surface area contributed by atoms with E-state index in [-0.39, 0.29) is 23.0 Å².